The summed E-state index contributed by atoms with van der Waals surface area (Å²) in [5.41, 5.74) is 4.74. The van der Waals surface area contributed by atoms with Gasteiger partial charge in [0.05, 0.1) is 21.4 Å². The lowest BCUT2D eigenvalue weighted by molar-refractivity contribution is 0.281. The molecule has 0 radical (unpaired) electrons. The number of pyridine rings is 1. The molecule has 30 heavy (non-hydrogen) atoms. The molecular formula is C23H26Cl2N4O. The zero-order chi connectivity index (χ0) is 21.1. The lowest BCUT2D eigenvalue weighted by atomic mass is 10.1. The van der Waals surface area contributed by atoms with Gasteiger partial charge in [-0.1, -0.05) is 29.8 Å². The molecule has 1 fully saturated rings. The average Bonchev–Trinajstić information content (AvgIpc) is 2.88. The third-order valence-corrected chi connectivity index (χ3v) is 5.64. The molecule has 5 nitrogen and oxygen atoms in total. The standard InChI is InChI=1S/C23H26Cl2N4O/c1-16(2)15-30-19-6-4-17(5-7-19)22-21(14-28-10-3-8-26-9-11-28)29-13-18(24)12-20(25)23(29)27-22/h4-7,12-13,26H,1,3,8-11,14-15H2,2H3. The Morgan fingerprint density at radius 3 is 2.77 bits per heavy atom. The summed E-state index contributed by atoms with van der Waals surface area (Å²) in [6, 6.07) is 9.76. The number of imidazole rings is 1. The topological polar surface area (TPSA) is 41.8 Å². The van der Waals surface area contributed by atoms with Crippen molar-refractivity contribution in [1.82, 2.24) is 19.6 Å². The van der Waals surface area contributed by atoms with E-state index in [1.54, 1.807) is 6.07 Å². The average molecular weight is 445 g/mol. The fraction of sp³-hybridized carbons (Fsp3) is 0.348. The maximum Gasteiger partial charge on any atom is 0.156 e. The van der Waals surface area contributed by atoms with E-state index in [0.717, 1.165) is 73.1 Å². The lowest BCUT2D eigenvalue weighted by Crippen LogP contribution is -2.28. The molecule has 0 aliphatic carbocycles. The van der Waals surface area contributed by atoms with Crippen molar-refractivity contribution >= 4 is 28.8 Å². The fourth-order valence-electron chi connectivity index (χ4n) is 3.69. The van der Waals surface area contributed by atoms with Crippen LogP contribution in [0.2, 0.25) is 10.0 Å². The van der Waals surface area contributed by atoms with Crippen LogP contribution >= 0.6 is 23.2 Å². The van der Waals surface area contributed by atoms with Gasteiger partial charge in [-0.2, -0.15) is 0 Å². The molecule has 1 aliphatic heterocycles. The van der Waals surface area contributed by atoms with Gasteiger partial charge in [-0.3, -0.25) is 9.30 Å². The highest BCUT2D eigenvalue weighted by atomic mass is 35.5. The normalized spacial score (nSPS) is 15.3. The van der Waals surface area contributed by atoms with Crippen LogP contribution in [0.5, 0.6) is 5.75 Å². The highest BCUT2D eigenvalue weighted by Crippen LogP contribution is 2.31. The monoisotopic (exact) mass is 444 g/mol. The number of rotatable bonds is 6. The number of benzene rings is 1. The second-order valence-electron chi connectivity index (χ2n) is 7.76. The molecule has 0 atom stereocenters. The number of aromatic nitrogens is 2. The van der Waals surface area contributed by atoms with Crippen LogP contribution in [0.3, 0.4) is 0 Å². The van der Waals surface area contributed by atoms with E-state index in [1.807, 2.05) is 41.8 Å². The molecule has 0 bridgehead atoms. The van der Waals surface area contributed by atoms with Gasteiger partial charge in [0.15, 0.2) is 5.65 Å². The summed E-state index contributed by atoms with van der Waals surface area (Å²) in [5.74, 6) is 0.812. The van der Waals surface area contributed by atoms with Crippen molar-refractivity contribution in [2.75, 3.05) is 32.8 Å². The largest absolute Gasteiger partial charge is 0.489 e. The first kappa shape index (κ1) is 21.2. The Labute approximate surface area is 187 Å². The van der Waals surface area contributed by atoms with Gasteiger partial charge in [0, 0.05) is 31.4 Å². The van der Waals surface area contributed by atoms with Crippen molar-refractivity contribution in [1.29, 1.82) is 0 Å². The van der Waals surface area contributed by atoms with Crippen LogP contribution in [0.15, 0.2) is 48.7 Å². The Morgan fingerprint density at radius 2 is 2.00 bits per heavy atom. The summed E-state index contributed by atoms with van der Waals surface area (Å²) >= 11 is 12.8. The van der Waals surface area contributed by atoms with Gasteiger partial charge in [-0.25, -0.2) is 4.98 Å². The summed E-state index contributed by atoms with van der Waals surface area (Å²) in [5, 5.41) is 4.60. The summed E-state index contributed by atoms with van der Waals surface area (Å²) in [4.78, 5) is 7.34. The third-order valence-electron chi connectivity index (χ3n) is 5.16. The predicted molar refractivity (Wildman–Crippen MR) is 124 cm³/mol. The molecule has 158 valence electrons. The van der Waals surface area contributed by atoms with Gasteiger partial charge in [-0.15, -0.1) is 0 Å². The summed E-state index contributed by atoms with van der Waals surface area (Å²) in [6.07, 6.45) is 3.03. The van der Waals surface area contributed by atoms with E-state index < -0.39 is 0 Å². The summed E-state index contributed by atoms with van der Waals surface area (Å²) < 4.78 is 7.77. The van der Waals surface area contributed by atoms with E-state index in [2.05, 4.69) is 16.8 Å². The molecular weight excluding hydrogens is 419 g/mol. The zero-order valence-corrected chi connectivity index (χ0v) is 18.6. The molecule has 3 heterocycles. The van der Waals surface area contributed by atoms with Crippen LogP contribution in [-0.2, 0) is 6.54 Å². The first-order valence-electron chi connectivity index (χ1n) is 10.2. The second kappa shape index (κ2) is 9.40. The minimum atomic E-state index is 0.510. The SMILES string of the molecule is C=C(C)COc1ccc(-c2nc3c(Cl)cc(Cl)cn3c2CN2CCCNCC2)cc1. The quantitative estimate of drug-likeness (QED) is 0.539. The Kier molecular flexibility index (Phi) is 6.64. The maximum atomic E-state index is 6.48. The van der Waals surface area contributed by atoms with E-state index in [-0.39, 0.29) is 0 Å². The number of ether oxygens (including phenoxy) is 1. The van der Waals surface area contributed by atoms with E-state index in [0.29, 0.717) is 16.7 Å². The number of halogens is 2. The fourth-order valence-corrected chi connectivity index (χ4v) is 4.20. The molecule has 1 aliphatic rings. The van der Waals surface area contributed by atoms with E-state index >= 15 is 0 Å². The molecule has 3 aromatic rings. The highest BCUT2D eigenvalue weighted by molar-refractivity contribution is 6.36. The second-order valence-corrected chi connectivity index (χ2v) is 8.60. The first-order chi connectivity index (χ1) is 14.5. The Bertz CT molecular complexity index is 1040. The molecule has 1 saturated heterocycles. The van der Waals surface area contributed by atoms with Gasteiger partial charge < -0.3 is 10.1 Å². The van der Waals surface area contributed by atoms with Crippen molar-refractivity contribution < 1.29 is 4.74 Å². The van der Waals surface area contributed by atoms with E-state index in [9.17, 15) is 0 Å². The highest BCUT2D eigenvalue weighted by Gasteiger charge is 2.20. The van der Waals surface area contributed by atoms with Crippen molar-refractivity contribution in [3.8, 4) is 17.0 Å². The van der Waals surface area contributed by atoms with E-state index in [1.165, 1.54) is 0 Å². The van der Waals surface area contributed by atoms with Crippen LogP contribution < -0.4 is 10.1 Å². The van der Waals surface area contributed by atoms with Crippen LogP contribution in [-0.4, -0.2) is 47.1 Å². The molecule has 2 aromatic heterocycles. The lowest BCUT2D eigenvalue weighted by Gasteiger charge is -2.20. The van der Waals surface area contributed by atoms with Crippen molar-refractivity contribution in [2.24, 2.45) is 0 Å². The van der Waals surface area contributed by atoms with Crippen LogP contribution in [0.4, 0.5) is 0 Å². The number of fused-ring (bicyclic) bond motifs is 1. The first-order valence-corrected chi connectivity index (χ1v) is 10.9. The van der Waals surface area contributed by atoms with Gasteiger partial charge in [-0.05, 0) is 62.3 Å². The third kappa shape index (κ3) is 4.81. The Hall–Kier alpha value is -2.05. The van der Waals surface area contributed by atoms with Crippen molar-refractivity contribution in [2.45, 2.75) is 19.9 Å². The zero-order valence-electron chi connectivity index (χ0n) is 17.1. The van der Waals surface area contributed by atoms with Gasteiger partial charge in [0.2, 0.25) is 0 Å². The molecule has 0 spiro atoms. The molecule has 1 N–H and O–H groups in total. The number of nitrogens with zero attached hydrogens (tertiary/aromatic N) is 3. The molecule has 1 aromatic carbocycles. The van der Waals surface area contributed by atoms with Crippen LogP contribution in [0, 0.1) is 0 Å². The minimum absolute atomic E-state index is 0.510. The maximum absolute atomic E-state index is 6.48. The van der Waals surface area contributed by atoms with Gasteiger partial charge >= 0.3 is 0 Å². The molecule has 0 saturated carbocycles. The summed E-state index contributed by atoms with van der Waals surface area (Å²) in [7, 11) is 0. The van der Waals surface area contributed by atoms with Crippen molar-refractivity contribution in [3.63, 3.8) is 0 Å². The van der Waals surface area contributed by atoms with Gasteiger partial charge in [0.1, 0.15) is 12.4 Å². The van der Waals surface area contributed by atoms with Crippen LogP contribution in [0.1, 0.15) is 19.0 Å². The van der Waals surface area contributed by atoms with Crippen molar-refractivity contribution in [3.05, 3.63) is 64.4 Å². The predicted octanol–water partition coefficient (Wildman–Crippen LogP) is 5.06. The minimum Gasteiger partial charge on any atom is -0.489 e. The Balaban J connectivity index is 1.72. The molecule has 7 heteroatoms. The molecule has 0 amide bonds. The molecule has 0 unspecified atom stereocenters. The number of nitrogens with one attached hydrogen (secondary N) is 1. The molecule has 4 rings (SSSR count). The number of hydrogen-bond donors (Lipinski definition) is 1. The van der Waals surface area contributed by atoms with Gasteiger partial charge in [0.25, 0.3) is 0 Å². The smallest absolute Gasteiger partial charge is 0.156 e. The number of hydrogen-bond acceptors (Lipinski definition) is 4. The Morgan fingerprint density at radius 1 is 1.20 bits per heavy atom. The van der Waals surface area contributed by atoms with Crippen LogP contribution in [0.25, 0.3) is 16.9 Å². The van der Waals surface area contributed by atoms with E-state index in [4.69, 9.17) is 32.9 Å². The summed E-state index contributed by atoms with van der Waals surface area (Å²) in [6.45, 7) is 11.2.